The summed E-state index contributed by atoms with van der Waals surface area (Å²) in [5, 5.41) is 1.33. The Labute approximate surface area is 197 Å². The average molecular weight is 498 g/mol. The smallest absolute Gasteiger partial charge is 0.250 e. The van der Waals surface area contributed by atoms with Crippen molar-refractivity contribution in [2.45, 2.75) is 49.3 Å². The summed E-state index contributed by atoms with van der Waals surface area (Å²) in [4.78, 5) is 29.2. The lowest BCUT2D eigenvalue weighted by atomic mass is 10.1. The molecule has 2 fully saturated rings. The maximum atomic E-state index is 13.0. The number of piperidine rings is 1. The first-order valence-electron chi connectivity index (χ1n) is 11.0. The number of hydrogen-bond acceptors (Lipinski definition) is 5. The Morgan fingerprint density at radius 2 is 2.06 bits per heavy atom. The average Bonchev–Trinajstić information content (AvgIpc) is 3.45. The Hall–Kier alpha value is -1.68. The molecule has 1 unspecified atom stereocenters. The van der Waals surface area contributed by atoms with E-state index >= 15 is 0 Å². The van der Waals surface area contributed by atoms with Gasteiger partial charge in [-0.05, 0) is 61.6 Å². The normalized spacial score (nSPS) is 19.5. The number of amides is 2. The van der Waals surface area contributed by atoms with Crippen molar-refractivity contribution in [3.8, 4) is 0 Å². The van der Waals surface area contributed by atoms with Crippen molar-refractivity contribution in [3.63, 3.8) is 0 Å². The lowest BCUT2D eigenvalue weighted by Gasteiger charge is -2.33. The molecule has 1 saturated heterocycles. The fourth-order valence-corrected chi connectivity index (χ4v) is 6.94. The largest absolute Gasteiger partial charge is 0.341 e. The van der Waals surface area contributed by atoms with Gasteiger partial charge in [-0.2, -0.15) is 4.72 Å². The van der Waals surface area contributed by atoms with Crippen LogP contribution < -0.4 is 4.72 Å². The van der Waals surface area contributed by atoms with E-state index in [-0.39, 0.29) is 22.6 Å². The number of fused-ring (bicyclic) bond motifs is 1. The molecule has 0 spiro atoms. The van der Waals surface area contributed by atoms with Crippen molar-refractivity contribution in [3.05, 3.63) is 29.3 Å². The van der Waals surface area contributed by atoms with E-state index in [1.54, 1.807) is 24.3 Å². The summed E-state index contributed by atoms with van der Waals surface area (Å²) in [6.07, 6.45) is 4.24. The highest BCUT2D eigenvalue weighted by Gasteiger charge is 2.35. The summed E-state index contributed by atoms with van der Waals surface area (Å²) >= 11 is 7.13. The number of carbonyl (C=O) groups is 2. The van der Waals surface area contributed by atoms with Gasteiger partial charge < -0.3 is 9.80 Å². The fourth-order valence-electron chi connectivity index (χ4n) is 4.03. The molecule has 4 rings (SSSR count). The summed E-state index contributed by atoms with van der Waals surface area (Å²) in [5.41, 5.74) is 0. The summed E-state index contributed by atoms with van der Waals surface area (Å²) < 4.78 is 29.4. The quantitative estimate of drug-likeness (QED) is 0.574. The fraction of sp³-hybridized carbons (Fsp3) is 0.545. The standard InChI is InChI=1S/C22H28ClN3O4S2/c1-2-9-25(13-15-5-6-15)20(27)14-26-10-3-4-18(22(26)28)24-32(29,30)21-11-16-7-8-17(23)12-19(16)31-21/h7-8,11-12,15,18,24H,2-6,9-10,13-14H2,1H3. The van der Waals surface area contributed by atoms with Gasteiger partial charge in [0, 0.05) is 29.4 Å². The van der Waals surface area contributed by atoms with Gasteiger partial charge in [0.15, 0.2) is 0 Å². The van der Waals surface area contributed by atoms with E-state index in [1.165, 1.54) is 4.90 Å². The molecule has 0 bridgehead atoms. The highest BCUT2D eigenvalue weighted by molar-refractivity contribution is 7.91. The van der Waals surface area contributed by atoms with E-state index in [4.69, 9.17) is 11.6 Å². The third-order valence-corrected chi connectivity index (χ3v) is 9.18. The molecular formula is C22H28ClN3O4S2. The minimum absolute atomic E-state index is 0.00513. The summed E-state index contributed by atoms with van der Waals surface area (Å²) in [7, 11) is -3.87. The second-order valence-electron chi connectivity index (χ2n) is 8.61. The zero-order valence-electron chi connectivity index (χ0n) is 18.0. The first-order valence-corrected chi connectivity index (χ1v) is 13.7. The SMILES string of the molecule is CCCN(CC1CC1)C(=O)CN1CCCC(NS(=O)(=O)c2cc3ccc(Cl)cc3s2)C1=O. The highest BCUT2D eigenvalue weighted by atomic mass is 35.5. The molecule has 2 heterocycles. The number of benzene rings is 1. The minimum atomic E-state index is -3.87. The monoisotopic (exact) mass is 497 g/mol. The molecule has 10 heteroatoms. The summed E-state index contributed by atoms with van der Waals surface area (Å²) in [6, 6.07) is 5.94. The molecule has 174 valence electrons. The van der Waals surface area contributed by atoms with E-state index in [0.717, 1.165) is 47.2 Å². The number of carbonyl (C=O) groups excluding carboxylic acids is 2. The predicted molar refractivity (Wildman–Crippen MR) is 126 cm³/mol. The van der Waals surface area contributed by atoms with Crippen LogP contribution in [-0.2, 0) is 19.6 Å². The van der Waals surface area contributed by atoms with Crippen molar-refractivity contribution in [2.24, 2.45) is 5.92 Å². The van der Waals surface area contributed by atoms with Crippen molar-refractivity contribution in [1.29, 1.82) is 0 Å². The van der Waals surface area contributed by atoms with Gasteiger partial charge in [0.05, 0.1) is 6.54 Å². The zero-order valence-corrected chi connectivity index (χ0v) is 20.4. The lowest BCUT2D eigenvalue weighted by molar-refractivity contribution is -0.143. The number of thiophene rings is 1. The number of rotatable bonds is 9. The van der Waals surface area contributed by atoms with Crippen molar-refractivity contribution in [2.75, 3.05) is 26.2 Å². The minimum Gasteiger partial charge on any atom is -0.341 e. The van der Waals surface area contributed by atoms with E-state index in [2.05, 4.69) is 4.72 Å². The van der Waals surface area contributed by atoms with Crippen molar-refractivity contribution < 1.29 is 18.0 Å². The Kier molecular flexibility index (Phi) is 7.09. The van der Waals surface area contributed by atoms with Gasteiger partial charge in [-0.15, -0.1) is 11.3 Å². The van der Waals surface area contributed by atoms with Crippen LogP contribution in [0.1, 0.15) is 39.0 Å². The van der Waals surface area contributed by atoms with Crippen LogP contribution in [0.5, 0.6) is 0 Å². The van der Waals surface area contributed by atoms with Crippen molar-refractivity contribution >= 4 is 54.9 Å². The van der Waals surface area contributed by atoms with Gasteiger partial charge in [0.25, 0.3) is 10.0 Å². The van der Waals surface area contributed by atoms with Gasteiger partial charge in [0.2, 0.25) is 11.8 Å². The Balaban J connectivity index is 1.43. The predicted octanol–water partition coefficient (Wildman–Crippen LogP) is 3.47. The number of hydrogen-bond donors (Lipinski definition) is 1. The number of likely N-dealkylation sites (tertiary alicyclic amines) is 1. The van der Waals surface area contributed by atoms with Crippen molar-refractivity contribution in [1.82, 2.24) is 14.5 Å². The molecule has 1 aliphatic carbocycles. The summed E-state index contributed by atoms with van der Waals surface area (Å²) in [6.45, 7) is 3.94. The number of halogens is 1. The molecule has 1 aliphatic heterocycles. The molecule has 32 heavy (non-hydrogen) atoms. The molecule has 2 aromatic rings. The van der Waals surface area contributed by atoms with Gasteiger partial charge in [-0.3, -0.25) is 9.59 Å². The molecule has 2 amide bonds. The topological polar surface area (TPSA) is 86.8 Å². The molecule has 7 nitrogen and oxygen atoms in total. The molecule has 0 radical (unpaired) electrons. The molecule has 1 N–H and O–H groups in total. The third-order valence-electron chi connectivity index (χ3n) is 5.90. The zero-order chi connectivity index (χ0) is 22.9. The van der Waals surface area contributed by atoms with Crippen LogP contribution in [0.2, 0.25) is 5.02 Å². The van der Waals surface area contributed by atoms with Crippen LogP contribution >= 0.6 is 22.9 Å². The lowest BCUT2D eigenvalue weighted by Crippen LogP contribution is -2.54. The molecule has 2 aliphatic rings. The van der Waals surface area contributed by atoms with E-state index in [9.17, 15) is 18.0 Å². The van der Waals surface area contributed by atoms with E-state index in [1.807, 2.05) is 11.8 Å². The maximum absolute atomic E-state index is 13.0. The van der Waals surface area contributed by atoms with Crippen LogP contribution in [0.15, 0.2) is 28.5 Å². The van der Waals surface area contributed by atoms with Crippen LogP contribution in [0.3, 0.4) is 0 Å². The van der Waals surface area contributed by atoms with Gasteiger partial charge in [-0.1, -0.05) is 24.6 Å². The van der Waals surface area contributed by atoms with Gasteiger partial charge in [-0.25, -0.2) is 8.42 Å². The first kappa shape index (κ1) is 23.5. The first-order chi connectivity index (χ1) is 15.3. The summed E-state index contributed by atoms with van der Waals surface area (Å²) in [5.74, 6) is 0.190. The van der Waals surface area contributed by atoms with Gasteiger partial charge in [0.1, 0.15) is 10.3 Å². The molecular weight excluding hydrogens is 470 g/mol. The number of nitrogens with one attached hydrogen (secondary N) is 1. The highest BCUT2D eigenvalue weighted by Crippen LogP contribution is 2.32. The Morgan fingerprint density at radius 1 is 1.28 bits per heavy atom. The van der Waals surface area contributed by atoms with Crippen LogP contribution in [0.4, 0.5) is 0 Å². The van der Waals surface area contributed by atoms with E-state index in [0.29, 0.717) is 36.9 Å². The molecule has 1 aromatic carbocycles. The van der Waals surface area contributed by atoms with Gasteiger partial charge >= 0.3 is 0 Å². The second kappa shape index (κ2) is 9.67. The Morgan fingerprint density at radius 3 is 2.78 bits per heavy atom. The number of nitrogens with zero attached hydrogens (tertiary/aromatic N) is 2. The van der Waals surface area contributed by atoms with Crippen LogP contribution in [0.25, 0.3) is 10.1 Å². The van der Waals surface area contributed by atoms with E-state index < -0.39 is 16.1 Å². The number of sulfonamides is 1. The molecule has 1 saturated carbocycles. The maximum Gasteiger partial charge on any atom is 0.250 e. The van der Waals surface area contributed by atoms with Crippen LogP contribution in [-0.4, -0.2) is 62.3 Å². The molecule has 1 aromatic heterocycles. The Bertz CT molecular complexity index is 1110. The van der Waals surface area contributed by atoms with Crippen LogP contribution in [0, 0.1) is 5.92 Å². The third kappa shape index (κ3) is 5.44. The second-order valence-corrected chi connectivity index (χ2v) is 12.1. The molecule has 1 atom stereocenters.